The number of rotatable bonds is 3. The predicted molar refractivity (Wildman–Crippen MR) is 122 cm³/mol. The molecular formula is C24H16Cl3NO3. The molecule has 7 heteroatoms. The smallest absolute Gasteiger partial charge is 0.231 e. The van der Waals surface area contributed by atoms with Crippen LogP contribution in [0.1, 0.15) is 27.0 Å². The van der Waals surface area contributed by atoms with Crippen LogP contribution in [0.3, 0.4) is 0 Å². The van der Waals surface area contributed by atoms with Crippen LogP contribution in [-0.2, 0) is 13.1 Å². The largest absolute Gasteiger partial charge is 0.478 e. The van der Waals surface area contributed by atoms with Crippen LogP contribution in [0.2, 0.25) is 15.1 Å². The average molecular weight is 473 g/mol. The third kappa shape index (κ3) is 4.04. The topological polar surface area (TPSA) is 38.8 Å². The van der Waals surface area contributed by atoms with E-state index in [1.54, 1.807) is 30.3 Å². The molecule has 3 aromatic rings. The van der Waals surface area contributed by atoms with Gasteiger partial charge in [-0.2, -0.15) is 0 Å². The minimum Gasteiger partial charge on any atom is -0.478 e. The summed E-state index contributed by atoms with van der Waals surface area (Å²) in [4.78, 5) is 15.0. The Hall–Kier alpha value is -2.50. The van der Waals surface area contributed by atoms with E-state index in [0.717, 1.165) is 22.4 Å². The number of nitrogens with zero attached hydrogens (tertiary/aromatic N) is 1. The number of carbonyl (C=O) groups is 1. The van der Waals surface area contributed by atoms with Crippen molar-refractivity contribution in [2.24, 2.45) is 0 Å². The van der Waals surface area contributed by atoms with Crippen LogP contribution in [0, 0.1) is 0 Å². The Labute approximate surface area is 194 Å². The van der Waals surface area contributed by atoms with Crippen LogP contribution in [0.15, 0.2) is 60.4 Å². The van der Waals surface area contributed by atoms with Crippen molar-refractivity contribution in [2.75, 3.05) is 6.73 Å². The summed E-state index contributed by atoms with van der Waals surface area (Å²) in [7, 11) is 0. The van der Waals surface area contributed by atoms with Gasteiger partial charge in [0.1, 0.15) is 18.2 Å². The van der Waals surface area contributed by atoms with E-state index in [1.165, 1.54) is 0 Å². The molecule has 0 N–H and O–H groups in total. The maximum atomic E-state index is 12.9. The molecule has 156 valence electrons. The molecule has 31 heavy (non-hydrogen) atoms. The molecule has 0 fully saturated rings. The number of Topliss-reactive ketones (excluding diaryl/α,β-unsaturated/α-hetero) is 1. The highest BCUT2D eigenvalue weighted by Crippen LogP contribution is 2.42. The number of benzene rings is 3. The van der Waals surface area contributed by atoms with Crippen LogP contribution in [0.4, 0.5) is 0 Å². The summed E-state index contributed by atoms with van der Waals surface area (Å²) in [6.45, 7) is 1.63. The summed E-state index contributed by atoms with van der Waals surface area (Å²) in [6.07, 6.45) is 1.72. The van der Waals surface area contributed by atoms with E-state index in [9.17, 15) is 4.79 Å². The van der Waals surface area contributed by atoms with E-state index < -0.39 is 0 Å². The lowest BCUT2D eigenvalue weighted by molar-refractivity contribution is 0.0873. The Bertz CT molecular complexity index is 1220. The lowest BCUT2D eigenvalue weighted by Gasteiger charge is -2.29. The third-order valence-corrected chi connectivity index (χ3v) is 6.23. The highest BCUT2D eigenvalue weighted by molar-refractivity contribution is 6.42. The van der Waals surface area contributed by atoms with Gasteiger partial charge in [0.25, 0.3) is 0 Å². The van der Waals surface area contributed by atoms with Crippen molar-refractivity contribution in [3.05, 3.63) is 97.7 Å². The molecule has 5 rings (SSSR count). The fraction of sp³-hybridized carbons (Fsp3) is 0.125. The summed E-state index contributed by atoms with van der Waals surface area (Å²) >= 11 is 18.1. The highest BCUT2D eigenvalue weighted by Gasteiger charge is 2.33. The van der Waals surface area contributed by atoms with Crippen molar-refractivity contribution in [1.29, 1.82) is 0 Å². The van der Waals surface area contributed by atoms with Crippen LogP contribution < -0.4 is 9.47 Å². The van der Waals surface area contributed by atoms with Crippen molar-refractivity contribution < 1.29 is 14.3 Å². The fourth-order valence-corrected chi connectivity index (χ4v) is 4.16. The minimum absolute atomic E-state index is 0.144. The molecule has 0 atom stereocenters. The van der Waals surface area contributed by atoms with Crippen molar-refractivity contribution >= 4 is 46.7 Å². The number of halogens is 3. The summed E-state index contributed by atoms with van der Waals surface area (Å²) < 4.78 is 11.9. The second-order valence-corrected chi connectivity index (χ2v) is 8.67. The molecule has 0 aliphatic carbocycles. The fourth-order valence-electron chi connectivity index (χ4n) is 3.71. The minimum atomic E-state index is -0.144. The molecule has 3 aromatic carbocycles. The quantitative estimate of drug-likeness (QED) is 0.402. The van der Waals surface area contributed by atoms with Crippen LogP contribution >= 0.6 is 34.8 Å². The van der Waals surface area contributed by atoms with E-state index >= 15 is 0 Å². The van der Waals surface area contributed by atoms with E-state index in [1.807, 2.05) is 30.3 Å². The first kappa shape index (κ1) is 20.4. The Morgan fingerprint density at radius 3 is 2.55 bits per heavy atom. The van der Waals surface area contributed by atoms with E-state index in [4.69, 9.17) is 44.3 Å². The molecule has 0 saturated heterocycles. The number of ether oxygens (including phenoxy) is 2. The Morgan fingerprint density at radius 1 is 0.968 bits per heavy atom. The van der Waals surface area contributed by atoms with Crippen molar-refractivity contribution in [2.45, 2.75) is 13.1 Å². The zero-order valence-corrected chi connectivity index (χ0v) is 18.5. The van der Waals surface area contributed by atoms with Gasteiger partial charge in [-0.05, 0) is 53.6 Å². The van der Waals surface area contributed by atoms with Gasteiger partial charge in [-0.15, -0.1) is 0 Å². The van der Waals surface area contributed by atoms with Gasteiger partial charge in [0.05, 0.1) is 21.2 Å². The van der Waals surface area contributed by atoms with Crippen molar-refractivity contribution in [1.82, 2.24) is 4.90 Å². The number of hydrogen-bond acceptors (Lipinski definition) is 4. The van der Waals surface area contributed by atoms with Crippen LogP contribution in [-0.4, -0.2) is 17.4 Å². The molecule has 2 aliphatic heterocycles. The van der Waals surface area contributed by atoms with Crippen LogP contribution in [0.5, 0.6) is 11.5 Å². The monoisotopic (exact) mass is 471 g/mol. The molecule has 0 bridgehead atoms. The zero-order valence-electron chi connectivity index (χ0n) is 16.2. The molecule has 0 radical (unpaired) electrons. The summed E-state index contributed by atoms with van der Waals surface area (Å²) in [5.41, 5.74) is 3.26. The maximum Gasteiger partial charge on any atom is 0.231 e. The molecule has 0 aromatic heterocycles. The summed E-state index contributed by atoms with van der Waals surface area (Å²) in [5.74, 6) is 1.42. The molecule has 0 amide bonds. The van der Waals surface area contributed by atoms with E-state index in [2.05, 4.69) is 4.90 Å². The van der Waals surface area contributed by atoms with Gasteiger partial charge < -0.3 is 9.47 Å². The lowest BCUT2D eigenvalue weighted by atomic mass is 10.0. The second kappa shape index (κ2) is 8.21. The SMILES string of the molecule is O=C1/C(=C/c2ccc(Cl)cc2)Oc2c1ccc1c2CN(Cc2ccc(Cl)c(Cl)c2)CO1. The molecule has 0 saturated carbocycles. The number of carbonyl (C=O) groups excluding carboxylic acids is 1. The molecule has 0 unspecified atom stereocenters. The summed E-state index contributed by atoms with van der Waals surface area (Å²) in [6, 6.07) is 16.4. The first-order valence-electron chi connectivity index (χ1n) is 9.63. The van der Waals surface area contributed by atoms with Gasteiger partial charge in [0.15, 0.2) is 5.76 Å². The van der Waals surface area contributed by atoms with Crippen LogP contribution in [0.25, 0.3) is 6.08 Å². The normalized spacial score (nSPS) is 16.6. The molecule has 0 spiro atoms. The van der Waals surface area contributed by atoms with Crippen molar-refractivity contribution in [3.63, 3.8) is 0 Å². The molecule has 2 heterocycles. The Kier molecular flexibility index (Phi) is 5.40. The number of allylic oxidation sites excluding steroid dienone is 1. The Balaban J connectivity index is 1.41. The van der Waals surface area contributed by atoms with Gasteiger partial charge in [-0.1, -0.05) is 53.0 Å². The summed E-state index contributed by atoms with van der Waals surface area (Å²) in [5, 5.41) is 1.68. The van der Waals surface area contributed by atoms with E-state index in [0.29, 0.717) is 46.2 Å². The number of hydrogen-bond donors (Lipinski definition) is 0. The number of fused-ring (bicyclic) bond motifs is 3. The van der Waals surface area contributed by atoms with Gasteiger partial charge in [-0.3, -0.25) is 9.69 Å². The Morgan fingerprint density at radius 2 is 1.77 bits per heavy atom. The first-order valence-corrected chi connectivity index (χ1v) is 10.8. The predicted octanol–water partition coefficient (Wildman–Crippen LogP) is 6.62. The third-order valence-electron chi connectivity index (χ3n) is 5.24. The highest BCUT2D eigenvalue weighted by atomic mass is 35.5. The van der Waals surface area contributed by atoms with Gasteiger partial charge in [-0.25, -0.2) is 0 Å². The van der Waals surface area contributed by atoms with Gasteiger partial charge in [0.2, 0.25) is 5.78 Å². The zero-order chi connectivity index (χ0) is 21.5. The van der Waals surface area contributed by atoms with Gasteiger partial charge >= 0.3 is 0 Å². The van der Waals surface area contributed by atoms with Crippen molar-refractivity contribution in [3.8, 4) is 11.5 Å². The second-order valence-electron chi connectivity index (χ2n) is 7.42. The van der Waals surface area contributed by atoms with Gasteiger partial charge in [0, 0.05) is 18.1 Å². The number of ketones is 1. The lowest BCUT2D eigenvalue weighted by Crippen LogP contribution is -2.31. The average Bonchev–Trinajstić information content (AvgIpc) is 3.08. The first-order chi connectivity index (χ1) is 15.0. The maximum absolute atomic E-state index is 12.9. The molecular weight excluding hydrogens is 457 g/mol. The molecule has 4 nitrogen and oxygen atoms in total. The van der Waals surface area contributed by atoms with E-state index in [-0.39, 0.29) is 11.5 Å². The molecule has 2 aliphatic rings. The standard InChI is InChI=1S/C24H16Cl3NO3/c25-16-4-1-14(2-5-16)10-22-23(29)17-6-8-21-18(24(17)31-22)12-28(13-30-21)11-15-3-7-19(26)20(27)9-15/h1-10H,11-13H2/b22-10-.